The molecule has 4 nitrogen and oxygen atoms in total. The van der Waals surface area contributed by atoms with Gasteiger partial charge in [-0.2, -0.15) is 5.10 Å². The zero-order valence-electron chi connectivity index (χ0n) is 7.86. The molecule has 0 saturated carbocycles. The summed E-state index contributed by atoms with van der Waals surface area (Å²) in [4.78, 5) is 0. The molecular formula is C9H13FN2O2. The van der Waals surface area contributed by atoms with Crippen LogP contribution in [0.15, 0.2) is 12.3 Å². The van der Waals surface area contributed by atoms with Crippen LogP contribution in [0.2, 0.25) is 0 Å². The number of aromatic nitrogens is 2. The highest BCUT2D eigenvalue weighted by Gasteiger charge is 2.19. The molecule has 0 saturated heterocycles. The van der Waals surface area contributed by atoms with Crippen LogP contribution in [0.4, 0.5) is 4.39 Å². The van der Waals surface area contributed by atoms with Crippen LogP contribution in [0, 0.1) is 0 Å². The molecule has 1 atom stereocenters. The maximum Gasteiger partial charge on any atom is 0.211 e. The van der Waals surface area contributed by atoms with Gasteiger partial charge in [-0.05, 0) is 0 Å². The first-order chi connectivity index (χ1) is 6.90. The number of hydrogen-bond acceptors (Lipinski definition) is 3. The van der Waals surface area contributed by atoms with E-state index in [0.717, 1.165) is 25.3 Å². The Kier molecular flexibility index (Phi) is 2.98. The molecule has 0 fully saturated rings. The molecule has 1 aliphatic rings. The smallest absolute Gasteiger partial charge is 0.211 e. The third-order valence-electron chi connectivity index (χ3n) is 2.29. The largest absolute Gasteiger partial charge is 0.474 e. The van der Waals surface area contributed by atoms with Gasteiger partial charge in [-0.25, -0.2) is 9.07 Å². The lowest BCUT2D eigenvalue weighted by molar-refractivity contribution is 0.0287. The number of alkyl halides is 1. The fourth-order valence-electron chi connectivity index (χ4n) is 1.56. The minimum Gasteiger partial charge on any atom is -0.474 e. The summed E-state index contributed by atoms with van der Waals surface area (Å²) in [6.07, 6.45) is 3.49. The Hall–Kier alpha value is -1.10. The van der Waals surface area contributed by atoms with E-state index in [0.29, 0.717) is 6.61 Å². The van der Waals surface area contributed by atoms with Gasteiger partial charge >= 0.3 is 0 Å². The fourth-order valence-corrected chi connectivity index (χ4v) is 1.56. The van der Waals surface area contributed by atoms with E-state index in [-0.39, 0.29) is 6.10 Å². The van der Waals surface area contributed by atoms with Crippen molar-refractivity contribution < 1.29 is 13.9 Å². The van der Waals surface area contributed by atoms with Crippen LogP contribution in [0.5, 0.6) is 5.88 Å². The van der Waals surface area contributed by atoms with Crippen molar-refractivity contribution in [1.29, 1.82) is 0 Å². The number of ether oxygens (including phenoxy) is 2. The van der Waals surface area contributed by atoms with Gasteiger partial charge in [0.15, 0.2) is 6.86 Å². The summed E-state index contributed by atoms with van der Waals surface area (Å²) in [6.45, 7) is 0.558. The monoisotopic (exact) mass is 200 g/mol. The standard InChI is InChI=1S/C9H13FN2O2/c10-7-13-6-3-8-2-5-12-9(14-8)1-4-11-12/h1,4,8H,2-3,5-7H2. The Morgan fingerprint density at radius 3 is 3.50 bits per heavy atom. The van der Waals surface area contributed by atoms with E-state index in [1.807, 2.05) is 10.7 Å². The maximum absolute atomic E-state index is 11.7. The summed E-state index contributed by atoms with van der Waals surface area (Å²) in [5, 5.41) is 4.09. The molecule has 2 rings (SSSR count). The Balaban J connectivity index is 1.82. The van der Waals surface area contributed by atoms with Crippen molar-refractivity contribution in [1.82, 2.24) is 9.78 Å². The van der Waals surface area contributed by atoms with Crippen molar-refractivity contribution in [2.75, 3.05) is 13.5 Å². The van der Waals surface area contributed by atoms with Gasteiger partial charge in [0.25, 0.3) is 0 Å². The van der Waals surface area contributed by atoms with Gasteiger partial charge in [0.2, 0.25) is 5.88 Å². The molecule has 0 aliphatic carbocycles. The van der Waals surface area contributed by atoms with Gasteiger partial charge in [-0.3, -0.25) is 0 Å². The number of hydrogen-bond donors (Lipinski definition) is 0. The highest BCUT2D eigenvalue weighted by Crippen LogP contribution is 2.21. The molecule has 1 aliphatic heterocycles. The molecule has 5 heteroatoms. The van der Waals surface area contributed by atoms with E-state index in [9.17, 15) is 4.39 Å². The minimum absolute atomic E-state index is 0.130. The number of rotatable bonds is 4. The molecule has 0 bridgehead atoms. The van der Waals surface area contributed by atoms with Crippen LogP contribution in [0.25, 0.3) is 0 Å². The van der Waals surface area contributed by atoms with Crippen molar-refractivity contribution in [3.63, 3.8) is 0 Å². The molecule has 2 heterocycles. The van der Waals surface area contributed by atoms with Gasteiger partial charge in [0.1, 0.15) is 6.10 Å². The first-order valence-electron chi connectivity index (χ1n) is 4.72. The van der Waals surface area contributed by atoms with Gasteiger partial charge in [-0.1, -0.05) is 0 Å². The van der Waals surface area contributed by atoms with Gasteiger partial charge in [0, 0.05) is 25.5 Å². The number of nitrogens with zero attached hydrogens (tertiary/aromatic N) is 2. The Morgan fingerprint density at radius 1 is 1.71 bits per heavy atom. The maximum atomic E-state index is 11.7. The first-order valence-corrected chi connectivity index (χ1v) is 4.72. The topological polar surface area (TPSA) is 36.3 Å². The summed E-state index contributed by atoms with van der Waals surface area (Å²) >= 11 is 0. The SMILES string of the molecule is FCOCCC1CCn2nccc2O1. The molecular weight excluding hydrogens is 187 g/mol. The summed E-state index contributed by atoms with van der Waals surface area (Å²) in [5.74, 6) is 0.793. The van der Waals surface area contributed by atoms with Crippen molar-refractivity contribution >= 4 is 0 Å². The van der Waals surface area contributed by atoms with E-state index in [2.05, 4.69) is 9.84 Å². The van der Waals surface area contributed by atoms with Crippen molar-refractivity contribution in [2.45, 2.75) is 25.5 Å². The number of fused-ring (bicyclic) bond motifs is 1. The van der Waals surface area contributed by atoms with Crippen LogP contribution in [0.3, 0.4) is 0 Å². The molecule has 1 aromatic rings. The number of halogens is 1. The van der Waals surface area contributed by atoms with E-state index >= 15 is 0 Å². The average Bonchev–Trinajstić information content (AvgIpc) is 2.65. The molecule has 1 unspecified atom stereocenters. The summed E-state index contributed by atoms with van der Waals surface area (Å²) in [6, 6.07) is 1.84. The molecule has 0 radical (unpaired) electrons. The summed E-state index contributed by atoms with van der Waals surface area (Å²) < 4.78 is 23.7. The van der Waals surface area contributed by atoms with Crippen LogP contribution in [-0.2, 0) is 11.3 Å². The van der Waals surface area contributed by atoms with Crippen LogP contribution >= 0.6 is 0 Å². The Morgan fingerprint density at radius 2 is 2.64 bits per heavy atom. The van der Waals surface area contributed by atoms with Gasteiger partial charge in [-0.15, -0.1) is 0 Å². The van der Waals surface area contributed by atoms with Gasteiger partial charge < -0.3 is 9.47 Å². The average molecular weight is 200 g/mol. The third kappa shape index (κ3) is 2.04. The van der Waals surface area contributed by atoms with E-state index in [4.69, 9.17) is 4.74 Å². The summed E-state index contributed by atoms with van der Waals surface area (Å²) in [7, 11) is 0. The highest BCUT2D eigenvalue weighted by molar-refractivity contribution is 5.09. The van der Waals surface area contributed by atoms with E-state index < -0.39 is 6.86 Å². The molecule has 14 heavy (non-hydrogen) atoms. The lowest BCUT2D eigenvalue weighted by Gasteiger charge is -2.24. The minimum atomic E-state index is -0.718. The van der Waals surface area contributed by atoms with Crippen molar-refractivity contribution in [3.05, 3.63) is 12.3 Å². The van der Waals surface area contributed by atoms with Crippen LogP contribution in [0.1, 0.15) is 12.8 Å². The Labute approximate surface area is 81.6 Å². The van der Waals surface area contributed by atoms with Crippen molar-refractivity contribution in [3.8, 4) is 5.88 Å². The molecule has 1 aromatic heterocycles. The normalized spacial score (nSPS) is 20.2. The summed E-state index contributed by atoms with van der Waals surface area (Å²) in [5.41, 5.74) is 0. The van der Waals surface area contributed by atoms with Crippen LogP contribution in [-0.4, -0.2) is 29.4 Å². The second-order valence-corrected chi connectivity index (χ2v) is 3.23. The third-order valence-corrected chi connectivity index (χ3v) is 2.29. The zero-order chi connectivity index (χ0) is 9.80. The zero-order valence-corrected chi connectivity index (χ0v) is 7.86. The first kappa shape index (κ1) is 9.45. The molecule has 0 spiro atoms. The second-order valence-electron chi connectivity index (χ2n) is 3.23. The lowest BCUT2D eigenvalue weighted by atomic mass is 10.2. The molecule has 0 amide bonds. The van der Waals surface area contributed by atoms with Crippen molar-refractivity contribution in [2.24, 2.45) is 0 Å². The quantitative estimate of drug-likeness (QED) is 0.689. The fraction of sp³-hybridized carbons (Fsp3) is 0.667. The van der Waals surface area contributed by atoms with Crippen LogP contribution < -0.4 is 4.74 Å². The predicted molar refractivity (Wildman–Crippen MR) is 47.8 cm³/mol. The Bertz CT molecular complexity index is 290. The second kappa shape index (κ2) is 4.41. The lowest BCUT2D eigenvalue weighted by Crippen LogP contribution is -2.27. The highest BCUT2D eigenvalue weighted by atomic mass is 19.1. The molecule has 0 aromatic carbocycles. The predicted octanol–water partition coefficient (Wildman–Crippen LogP) is 1.37. The number of aryl methyl sites for hydroxylation is 1. The molecule has 78 valence electrons. The van der Waals surface area contributed by atoms with Gasteiger partial charge in [0.05, 0.1) is 12.8 Å². The van der Waals surface area contributed by atoms with E-state index in [1.165, 1.54) is 0 Å². The van der Waals surface area contributed by atoms with E-state index in [1.54, 1.807) is 6.20 Å². The molecule has 0 N–H and O–H groups in total.